The van der Waals surface area contributed by atoms with Crippen molar-refractivity contribution in [1.82, 2.24) is 19.3 Å². The predicted molar refractivity (Wildman–Crippen MR) is 115 cm³/mol. The standard InChI is InChI=1S/C24H24N4O/c1-27-11-9-17(10-12-27)22-7-5-19(14-25-22)23-16-28-20(15-26-23)6-8-24(28)18-3-2-4-21(29)13-18/h2-8,13-17,29H,9-12H2,1H3. The van der Waals surface area contributed by atoms with Gasteiger partial charge in [0.2, 0.25) is 0 Å². The number of phenolic OH excluding ortho intramolecular Hbond substituents is 1. The third-order valence-electron chi connectivity index (χ3n) is 5.90. The lowest BCUT2D eigenvalue weighted by Crippen LogP contribution is -2.29. The van der Waals surface area contributed by atoms with Gasteiger partial charge in [-0.05, 0) is 69.4 Å². The third kappa shape index (κ3) is 3.49. The van der Waals surface area contributed by atoms with Crippen LogP contribution in [-0.2, 0) is 0 Å². The number of aromatic hydroxyl groups is 1. The molecule has 0 radical (unpaired) electrons. The van der Waals surface area contributed by atoms with Crippen LogP contribution in [0.25, 0.3) is 28.0 Å². The minimum atomic E-state index is 0.264. The van der Waals surface area contributed by atoms with Crippen molar-refractivity contribution in [2.45, 2.75) is 18.8 Å². The molecule has 1 aliphatic heterocycles. The van der Waals surface area contributed by atoms with Crippen LogP contribution >= 0.6 is 0 Å². The summed E-state index contributed by atoms with van der Waals surface area (Å²) in [4.78, 5) is 11.8. The molecular weight excluding hydrogens is 360 g/mol. The fourth-order valence-electron chi connectivity index (χ4n) is 4.16. The molecule has 0 amide bonds. The monoisotopic (exact) mass is 384 g/mol. The maximum absolute atomic E-state index is 9.83. The van der Waals surface area contributed by atoms with Gasteiger partial charge in [-0.2, -0.15) is 0 Å². The first-order valence-corrected chi connectivity index (χ1v) is 10.1. The van der Waals surface area contributed by atoms with E-state index in [0.717, 1.165) is 41.1 Å². The van der Waals surface area contributed by atoms with Crippen LogP contribution in [0.5, 0.6) is 5.75 Å². The number of pyridine rings is 1. The third-order valence-corrected chi connectivity index (χ3v) is 5.90. The first-order valence-electron chi connectivity index (χ1n) is 10.1. The Kier molecular flexibility index (Phi) is 4.52. The maximum Gasteiger partial charge on any atom is 0.116 e. The summed E-state index contributed by atoms with van der Waals surface area (Å²) in [5, 5.41) is 9.83. The van der Waals surface area contributed by atoms with E-state index in [1.165, 1.54) is 18.5 Å². The van der Waals surface area contributed by atoms with Crippen molar-refractivity contribution in [2.75, 3.05) is 20.1 Å². The zero-order valence-electron chi connectivity index (χ0n) is 16.5. The van der Waals surface area contributed by atoms with Gasteiger partial charge in [0.1, 0.15) is 5.75 Å². The van der Waals surface area contributed by atoms with Crippen LogP contribution < -0.4 is 0 Å². The van der Waals surface area contributed by atoms with E-state index in [2.05, 4.69) is 39.5 Å². The molecule has 0 unspecified atom stereocenters. The fraction of sp³-hybridized carbons (Fsp3) is 0.250. The number of phenols is 1. The molecule has 146 valence electrons. The smallest absolute Gasteiger partial charge is 0.116 e. The molecule has 5 nitrogen and oxygen atoms in total. The molecule has 0 aliphatic carbocycles. The topological polar surface area (TPSA) is 53.7 Å². The Balaban J connectivity index is 1.47. The Labute approximate surface area is 170 Å². The molecule has 1 aliphatic rings. The molecule has 5 rings (SSSR count). The lowest BCUT2D eigenvalue weighted by Gasteiger charge is -2.28. The minimum Gasteiger partial charge on any atom is -0.508 e. The van der Waals surface area contributed by atoms with Crippen LogP contribution in [0.15, 0.2) is 67.1 Å². The molecule has 29 heavy (non-hydrogen) atoms. The molecule has 1 aromatic carbocycles. The van der Waals surface area contributed by atoms with Crippen LogP contribution in [0, 0.1) is 0 Å². The van der Waals surface area contributed by atoms with Gasteiger partial charge in [-0.1, -0.05) is 12.1 Å². The number of piperidine rings is 1. The van der Waals surface area contributed by atoms with Crippen LogP contribution in [0.1, 0.15) is 24.5 Å². The second kappa shape index (κ2) is 7.33. The second-order valence-corrected chi connectivity index (χ2v) is 7.89. The second-order valence-electron chi connectivity index (χ2n) is 7.89. The lowest BCUT2D eigenvalue weighted by molar-refractivity contribution is 0.253. The van der Waals surface area contributed by atoms with Gasteiger partial charge in [0.05, 0.1) is 23.1 Å². The maximum atomic E-state index is 9.83. The summed E-state index contributed by atoms with van der Waals surface area (Å²) in [5.41, 5.74) is 6.09. The van der Waals surface area contributed by atoms with Crippen molar-refractivity contribution in [2.24, 2.45) is 0 Å². The normalized spacial score (nSPS) is 15.8. The van der Waals surface area contributed by atoms with Crippen molar-refractivity contribution < 1.29 is 5.11 Å². The number of rotatable bonds is 3. The zero-order chi connectivity index (χ0) is 19.8. The van der Waals surface area contributed by atoms with E-state index in [1.807, 2.05) is 36.8 Å². The molecule has 1 N–H and O–H groups in total. The SMILES string of the molecule is CN1CCC(c2ccc(-c3cn4c(-c5cccc(O)c5)ccc4cn3)cn2)CC1. The molecule has 1 fully saturated rings. The van der Waals surface area contributed by atoms with Crippen molar-refractivity contribution in [3.8, 4) is 28.3 Å². The summed E-state index contributed by atoms with van der Waals surface area (Å²) in [6.45, 7) is 2.27. The largest absolute Gasteiger partial charge is 0.508 e. The number of hydrogen-bond acceptors (Lipinski definition) is 4. The summed E-state index contributed by atoms with van der Waals surface area (Å²) in [7, 11) is 2.18. The number of nitrogens with zero attached hydrogens (tertiary/aromatic N) is 4. The highest BCUT2D eigenvalue weighted by Crippen LogP contribution is 2.29. The van der Waals surface area contributed by atoms with Crippen molar-refractivity contribution in [3.63, 3.8) is 0 Å². The summed E-state index contributed by atoms with van der Waals surface area (Å²) in [6.07, 6.45) is 8.21. The van der Waals surface area contributed by atoms with E-state index in [0.29, 0.717) is 5.92 Å². The summed E-state index contributed by atoms with van der Waals surface area (Å²) >= 11 is 0. The zero-order valence-corrected chi connectivity index (χ0v) is 16.5. The quantitative estimate of drug-likeness (QED) is 0.562. The Morgan fingerprint density at radius 2 is 1.79 bits per heavy atom. The van der Waals surface area contributed by atoms with Gasteiger partial charge in [-0.25, -0.2) is 0 Å². The van der Waals surface area contributed by atoms with Gasteiger partial charge in [-0.3, -0.25) is 9.97 Å². The molecule has 0 bridgehead atoms. The highest BCUT2D eigenvalue weighted by Gasteiger charge is 2.19. The Morgan fingerprint density at radius 1 is 0.931 bits per heavy atom. The van der Waals surface area contributed by atoms with Crippen molar-refractivity contribution >= 4 is 5.52 Å². The van der Waals surface area contributed by atoms with Gasteiger partial charge < -0.3 is 14.4 Å². The Hall–Kier alpha value is -3.18. The van der Waals surface area contributed by atoms with Gasteiger partial charge in [0.25, 0.3) is 0 Å². The van der Waals surface area contributed by atoms with E-state index >= 15 is 0 Å². The van der Waals surface area contributed by atoms with Crippen LogP contribution in [0.3, 0.4) is 0 Å². The minimum absolute atomic E-state index is 0.264. The Morgan fingerprint density at radius 3 is 2.55 bits per heavy atom. The van der Waals surface area contributed by atoms with Crippen molar-refractivity contribution in [3.05, 3.63) is 72.8 Å². The Bertz CT molecular complexity index is 1140. The molecule has 4 aromatic rings. The summed E-state index contributed by atoms with van der Waals surface area (Å²) in [6, 6.07) is 15.7. The van der Waals surface area contributed by atoms with Gasteiger partial charge in [0.15, 0.2) is 0 Å². The summed E-state index contributed by atoms with van der Waals surface area (Å²) in [5.74, 6) is 0.818. The van der Waals surface area contributed by atoms with Gasteiger partial charge in [-0.15, -0.1) is 0 Å². The molecular formula is C24H24N4O. The van der Waals surface area contributed by atoms with Crippen LogP contribution in [-0.4, -0.2) is 44.5 Å². The molecule has 1 saturated heterocycles. The fourth-order valence-corrected chi connectivity index (χ4v) is 4.16. The van der Waals surface area contributed by atoms with E-state index in [1.54, 1.807) is 12.1 Å². The first kappa shape index (κ1) is 17.9. The molecule has 5 heteroatoms. The average Bonchev–Trinajstić information content (AvgIpc) is 3.18. The van der Waals surface area contributed by atoms with E-state index in [4.69, 9.17) is 4.98 Å². The molecule has 3 aromatic heterocycles. The van der Waals surface area contributed by atoms with Crippen LogP contribution in [0.4, 0.5) is 0 Å². The van der Waals surface area contributed by atoms with E-state index in [-0.39, 0.29) is 5.75 Å². The van der Waals surface area contributed by atoms with Gasteiger partial charge >= 0.3 is 0 Å². The molecule has 0 atom stereocenters. The van der Waals surface area contributed by atoms with Crippen molar-refractivity contribution in [1.29, 1.82) is 0 Å². The van der Waals surface area contributed by atoms with Gasteiger partial charge in [0, 0.05) is 35.1 Å². The first-order chi connectivity index (χ1) is 14.2. The average molecular weight is 384 g/mol. The molecule has 0 saturated carbocycles. The summed E-state index contributed by atoms with van der Waals surface area (Å²) < 4.78 is 2.11. The van der Waals surface area contributed by atoms with E-state index in [9.17, 15) is 5.11 Å². The van der Waals surface area contributed by atoms with Crippen LogP contribution in [0.2, 0.25) is 0 Å². The molecule has 4 heterocycles. The lowest BCUT2D eigenvalue weighted by atomic mass is 9.93. The highest BCUT2D eigenvalue weighted by molar-refractivity contribution is 5.70. The number of benzene rings is 1. The number of likely N-dealkylation sites (tertiary alicyclic amines) is 1. The molecule has 0 spiro atoms. The number of aromatic nitrogens is 3. The van der Waals surface area contributed by atoms with E-state index < -0.39 is 0 Å². The number of hydrogen-bond donors (Lipinski definition) is 1. The highest BCUT2D eigenvalue weighted by atomic mass is 16.3. The predicted octanol–water partition coefficient (Wildman–Crippen LogP) is 4.58. The number of fused-ring (bicyclic) bond motifs is 1.